The minimum Gasteiger partial charge on any atom is -0.455 e. The first-order valence-electron chi connectivity index (χ1n) is 11.0. The van der Waals surface area contributed by atoms with Gasteiger partial charge in [-0.3, -0.25) is 0 Å². The zero-order valence-corrected chi connectivity index (χ0v) is 18.6. The molecule has 0 radical (unpaired) electrons. The number of benzene rings is 3. The monoisotopic (exact) mass is 406 g/mol. The van der Waals surface area contributed by atoms with Gasteiger partial charge in [0.1, 0.15) is 18.2 Å². The SMILES string of the molecule is Cc1ccc2c(oc3ccccc32)c1-c1ccc(-c2ccc(CC(C)C)cc2)c[n+]1C. The summed E-state index contributed by atoms with van der Waals surface area (Å²) in [4.78, 5) is 0. The third-order valence-electron chi connectivity index (χ3n) is 6.08. The Labute approximate surface area is 183 Å². The number of aryl methyl sites for hydroxylation is 2. The van der Waals surface area contributed by atoms with Crippen molar-refractivity contribution in [3.63, 3.8) is 0 Å². The summed E-state index contributed by atoms with van der Waals surface area (Å²) in [5, 5.41) is 2.33. The molecular weight excluding hydrogens is 378 g/mol. The molecule has 0 saturated heterocycles. The van der Waals surface area contributed by atoms with Crippen LogP contribution in [0.25, 0.3) is 44.3 Å². The summed E-state index contributed by atoms with van der Waals surface area (Å²) >= 11 is 0. The Morgan fingerprint density at radius 3 is 2.29 bits per heavy atom. The molecule has 0 aliphatic rings. The van der Waals surface area contributed by atoms with Crippen LogP contribution in [-0.4, -0.2) is 0 Å². The van der Waals surface area contributed by atoms with E-state index < -0.39 is 0 Å². The minimum atomic E-state index is 0.673. The lowest BCUT2D eigenvalue weighted by molar-refractivity contribution is -0.659. The summed E-state index contributed by atoms with van der Waals surface area (Å²) in [5.41, 5.74) is 9.29. The van der Waals surface area contributed by atoms with Gasteiger partial charge in [-0.1, -0.05) is 68.4 Å². The maximum Gasteiger partial charge on any atom is 0.216 e. The van der Waals surface area contributed by atoms with Gasteiger partial charge in [-0.2, -0.15) is 0 Å². The van der Waals surface area contributed by atoms with Crippen molar-refractivity contribution in [2.45, 2.75) is 27.2 Å². The lowest BCUT2D eigenvalue weighted by Crippen LogP contribution is -2.31. The normalized spacial score (nSPS) is 11.6. The summed E-state index contributed by atoms with van der Waals surface area (Å²) in [5.74, 6) is 0.673. The zero-order valence-electron chi connectivity index (χ0n) is 18.6. The summed E-state index contributed by atoms with van der Waals surface area (Å²) in [6.45, 7) is 6.68. The molecule has 2 heterocycles. The van der Waals surface area contributed by atoms with E-state index in [1.54, 1.807) is 0 Å². The quantitative estimate of drug-likeness (QED) is 0.287. The van der Waals surface area contributed by atoms with Crippen LogP contribution in [0.1, 0.15) is 25.0 Å². The molecule has 154 valence electrons. The van der Waals surface area contributed by atoms with Crippen LogP contribution in [0.15, 0.2) is 83.4 Å². The molecule has 3 aromatic carbocycles. The molecule has 0 amide bonds. The number of pyridine rings is 1. The smallest absolute Gasteiger partial charge is 0.216 e. The Bertz CT molecular complexity index is 1390. The molecule has 2 heteroatoms. The zero-order chi connectivity index (χ0) is 21.5. The van der Waals surface area contributed by atoms with Gasteiger partial charge >= 0.3 is 0 Å². The van der Waals surface area contributed by atoms with Gasteiger partial charge in [0.2, 0.25) is 5.69 Å². The fourth-order valence-corrected chi connectivity index (χ4v) is 4.55. The van der Waals surface area contributed by atoms with E-state index in [1.807, 2.05) is 12.1 Å². The van der Waals surface area contributed by atoms with Gasteiger partial charge in [0.25, 0.3) is 0 Å². The summed E-state index contributed by atoms with van der Waals surface area (Å²) < 4.78 is 8.53. The van der Waals surface area contributed by atoms with Crippen LogP contribution in [0.2, 0.25) is 0 Å². The van der Waals surface area contributed by atoms with E-state index in [9.17, 15) is 0 Å². The molecule has 2 aromatic heterocycles. The van der Waals surface area contributed by atoms with E-state index in [0.717, 1.165) is 28.8 Å². The Balaban J connectivity index is 1.59. The molecule has 2 nitrogen and oxygen atoms in total. The van der Waals surface area contributed by atoms with Gasteiger partial charge in [-0.15, -0.1) is 0 Å². The summed E-state index contributed by atoms with van der Waals surface area (Å²) in [6, 6.07) is 26.0. The molecule has 5 rings (SSSR count). The maximum atomic E-state index is 6.32. The van der Waals surface area contributed by atoms with E-state index in [-0.39, 0.29) is 0 Å². The van der Waals surface area contributed by atoms with Gasteiger partial charge in [0.15, 0.2) is 6.20 Å². The third-order valence-corrected chi connectivity index (χ3v) is 6.08. The van der Waals surface area contributed by atoms with Gasteiger partial charge in [0.05, 0.1) is 5.56 Å². The van der Waals surface area contributed by atoms with E-state index in [0.29, 0.717) is 5.92 Å². The number of rotatable bonds is 4. The molecule has 0 saturated carbocycles. The second kappa shape index (κ2) is 7.70. The van der Waals surface area contributed by atoms with E-state index in [1.165, 1.54) is 33.0 Å². The van der Waals surface area contributed by atoms with Crippen molar-refractivity contribution in [3.05, 3.63) is 90.1 Å². The fourth-order valence-electron chi connectivity index (χ4n) is 4.55. The molecule has 0 bridgehead atoms. The number of furan rings is 1. The predicted octanol–water partition coefficient (Wildman–Crippen LogP) is 7.25. The lowest BCUT2D eigenvalue weighted by atomic mass is 9.98. The van der Waals surface area contributed by atoms with Crippen molar-refractivity contribution >= 4 is 21.9 Å². The van der Waals surface area contributed by atoms with E-state index >= 15 is 0 Å². The molecule has 0 fully saturated rings. The molecule has 0 aliphatic heterocycles. The number of hydrogen-bond acceptors (Lipinski definition) is 1. The van der Waals surface area contributed by atoms with E-state index in [4.69, 9.17) is 4.42 Å². The van der Waals surface area contributed by atoms with Crippen LogP contribution >= 0.6 is 0 Å². The van der Waals surface area contributed by atoms with Crippen molar-refractivity contribution < 1.29 is 8.98 Å². The average molecular weight is 407 g/mol. The van der Waals surface area contributed by atoms with Crippen molar-refractivity contribution in [3.8, 4) is 22.4 Å². The Morgan fingerprint density at radius 2 is 1.55 bits per heavy atom. The van der Waals surface area contributed by atoms with Crippen molar-refractivity contribution in [1.82, 2.24) is 0 Å². The number of para-hydroxylation sites is 1. The number of nitrogens with zero attached hydrogens (tertiary/aromatic N) is 1. The molecule has 0 atom stereocenters. The second-order valence-electron chi connectivity index (χ2n) is 8.94. The molecule has 5 aromatic rings. The summed E-state index contributed by atoms with van der Waals surface area (Å²) in [6.07, 6.45) is 3.33. The topological polar surface area (TPSA) is 17.0 Å². The Morgan fingerprint density at radius 1 is 0.806 bits per heavy atom. The first kappa shape index (κ1) is 19.6. The van der Waals surface area contributed by atoms with Crippen molar-refractivity contribution in [1.29, 1.82) is 0 Å². The number of fused-ring (bicyclic) bond motifs is 3. The number of hydrogen-bond donors (Lipinski definition) is 0. The highest BCUT2D eigenvalue weighted by Crippen LogP contribution is 2.37. The van der Waals surface area contributed by atoms with Crippen LogP contribution in [0, 0.1) is 12.8 Å². The Kier molecular flexibility index (Phi) is 4.86. The second-order valence-corrected chi connectivity index (χ2v) is 8.94. The maximum absolute atomic E-state index is 6.32. The molecule has 0 spiro atoms. The molecule has 31 heavy (non-hydrogen) atoms. The molecular formula is C29H28NO+. The molecule has 0 N–H and O–H groups in total. The highest BCUT2D eigenvalue weighted by Gasteiger charge is 2.20. The average Bonchev–Trinajstić information content (AvgIpc) is 3.13. The summed E-state index contributed by atoms with van der Waals surface area (Å²) in [7, 11) is 2.12. The van der Waals surface area contributed by atoms with Crippen molar-refractivity contribution in [2.24, 2.45) is 13.0 Å². The van der Waals surface area contributed by atoms with Gasteiger partial charge in [0, 0.05) is 22.4 Å². The predicted molar refractivity (Wildman–Crippen MR) is 129 cm³/mol. The number of aromatic nitrogens is 1. The van der Waals surface area contributed by atoms with Crippen LogP contribution in [0.5, 0.6) is 0 Å². The lowest BCUT2D eigenvalue weighted by Gasteiger charge is -2.08. The van der Waals surface area contributed by atoms with Crippen LogP contribution in [-0.2, 0) is 13.5 Å². The van der Waals surface area contributed by atoms with Gasteiger partial charge < -0.3 is 4.42 Å². The highest BCUT2D eigenvalue weighted by atomic mass is 16.3. The van der Waals surface area contributed by atoms with Crippen LogP contribution in [0.3, 0.4) is 0 Å². The fraction of sp³-hybridized carbons (Fsp3) is 0.207. The Hall–Kier alpha value is -3.39. The first-order chi connectivity index (χ1) is 15.0. The molecule has 0 unspecified atom stereocenters. The largest absolute Gasteiger partial charge is 0.455 e. The van der Waals surface area contributed by atoms with Gasteiger partial charge in [-0.25, -0.2) is 4.57 Å². The minimum absolute atomic E-state index is 0.673. The van der Waals surface area contributed by atoms with Gasteiger partial charge in [-0.05, 0) is 48.1 Å². The highest BCUT2D eigenvalue weighted by molar-refractivity contribution is 6.09. The molecule has 0 aliphatic carbocycles. The van der Waals surface area contributed by atoms with E-state index in [2.05, 4.69) is 99.2 Å². The third kappa shape index (κ3) is 3.53. The standard InChI is InChI=1S/C29H28NO/c1-19(2)17-21-10-12-22(13-11-21)23-14-16-26(30(4)18-23)28-20(3)9-15-25-24-7-5-6-8-27(24)31-29(25)28/h5-16,18-19H,17H2,1-4H3/q+1. The van der Waals surface area contributed by atoms with Crippen molar-refractivity contribution in [2.75, 3.05) is 0 Å². The van der Waals surface area contributed by atoms with Crippen LogP contribution in [0.4, 0.5) is 0 Å². The first-order valence-corrected chi connectivity index (χ1v) is 11.0. The van der Waals surface area contributed by atoms with Crippen LogP contribution < -0.4 is 4.57 Å².